The quantitative estimate of drug-likeness (QED) is 0.863. The van der Waals surface area contributed by atoms with Gasteiger partial charge in [-0.15, -0.1) is 11.6 Å². The van der Waals surface area contributed by atoms with Gasteiger partial charge in [0.25, 0.3) is 0 Å². The summed E-state index contributed by atoms with van der Waals surface area (Å²) >= 11 is 5.89. The third kappa shape index (κ3) is 3.38. The van der Waals surface area contributed by atoms with E-state index in [1.165, 1.54) is 4.90 Å². The zero-order valence-corrected chi connectivity index (χ0v) is 10.9. The van der Waals surface area contributed by atoms with E-state index in [-0.39, 0.29) is 24.9 Å². The van der Waals surface area contributed by atoms with Crippen molar-refractivity contribution in [3.05, 3.63) is 35.9 Å². The van der Waals surface area contributed by atoms with Crippen molar-refractivity contribution in [3.8, 4) is 0 Å². The van der Waals surface area contributed by atoms with Crippen LogP contribution in [0.25, 0.3) is 0 Å². The van der Waals surface area contributed by atoms with Crippen molar-refractivity contribution < 1.29 is 19.4 Å². The summed E-state index contributed by atoms with van der Waals surface area (Å²) in [5.41, 5.74) is 0.851. The predicted octanol–water partition coefficient (Wildman–Crippen LogP) is 2.09. The topological polar surface area (TPSA) is 66.8 Å². The molecule has 1 saturated heterocycles. The van der Waals surface area contributed by atoms with Crippen molar-refractivity contribution in [2.45, 2.75) is 24.4 Å². The van der Waals surface area contributed by atoms with Crippen LogP contribution in [0.4, 0.5) is 4.79 Å². The molecule has 5 nitrogen and oxygen atoms in total. The predicted molar refractivity (Wildman–Crippen MR) is 69.0 cm³/mol. The number of nitrogens with zero attached hydrogens (tertiary/aromatic N) is 1. The number of aliphatic carboxylic acids is 1. The summed E-state index contributed by atoms with van der Waals surface area (Å²) in [5.74, 6) is -1.06. The van der Waals surface area contributed by atoms with Gasteiger partial charge in [-0.2, -0.15) is 0 Å². The summed E-state index contributed by atoms with van der Waals surface area (Å²) < 4.78 is 5.11. The molecule has 0 bridgehead atoms. The van der Waals surface area contributed by atoms with Crippen molar-refractivity contribution in [2.24, 2.45) is 0 Å². The number of rotatable bonds is 3. The first-order valence-corrected chi connectivity index (χ1v) is 6.35. The standard InChI is InChI=1S/C13H14ClNO4/c14-10-6-11(12(16)17)15(7-10)13(18)19-8-9-4-2-1-3-5-9/h1-5,10-11H,6-8H2,(H,16,17)/t10?,11-/m0/s1. The van der Waals surface area contributed by atoms with E-state index >= 15 is 0 Å². The Kier molecular flexibility index (Phi) is 4.27. The average molecular weight is 284 g/mol. The summed E-state index contributed by atoms with van der Waals surface area (Å²) in [6, 6.07) is 8.31. The molecule has 1 fully saturated rings. The second kappa shape index (κ2) is 5.93. The van der Waals surface area contributed by atoms with Crippen LogP contribution >= 0.6 is 11.6 Å². The van der Waals surface area contributed by atoms with Gasteiger partial charge < -0.3 is 9.84 Å². The highest BCUT2D eigenvalue weighted by molar-refractivity contribution is 6.21. The Hall–Kier alpha value is -1.75. The molecule has 2 rings (SSSR count). The number of hydrogen-bond acceptors (Lipinski definition) is 3. The molecule has 0 aromatic heterocycles. The molecule has 1 heterocycles. The second-order valence-corrected chi connectivity index (χ2v) is 5.00. The Labute approximate surface area is 115 Å². The molecule has 2 atom stereocenters. The number of carboxylic acids is 1. The maximum absolute atomic E-state index is 11.9. The lowest BCUT2D eigenvalue weighted by atomic mass is 10.2. The van der Waals surface area contributed by atoms with Gasteiger partial charge in [-0.25, -0.2) is 9.59 Å². The minimum atomic E-state index is -1.06. The third-order valence-electron chi connectivity index (χ3n) is 2.97. The first-order chi connectivity index (χ1) is 9.08. The largest absolute Gasteiger partial charge is 0.480 e. The highest BCUT2D eigenvalue weighted by atomic mass is 35.5. The molecule has 1 unspecified atom stereocenters. The molecule has 1 amide bonds. The third-order valence-corrected chi connectivity index (χ3v) is 3.29. The fourth-order valence-corrected chi connectivity index (χ4v) is 2.34. The summed E-state index contributed by atoms with van der Waals surface area (Å²) in [5, 5.41) is 8.69. The van der Waals surface area contributed by atoms with Gasteiger partial charge in [0, 0.05) is 6.54 Å². The summed E-state index contributed by atoms with van der Waals surface area (Å²) in [7, 11) is 0. The first-order valence-electron chi connectivity index (χ1n) is 5.92. The summed E-state index contributed by atoms with van der Waals surface area (Å²) in [6.45, 7) is 0.321. The zero-order chi connectivity index (χ0) is 13.8. The van der Waals surface area contributed by atoms with E-state index in [0.29, 0.717) is 0 Å². The lowest BCUT2D eigenvalue weighted by Crippen LogP contribution is -2.40. The lowest BCUT2D eigenvalue weighted by molar-refractivity contribution is -0.141. The minimum absolute atomic E-state index is 0.121. The number of carbonyl (C=O) groups excluding carboxylic acids is 1. The fraction of sp³-hybridized carbons (Fsp3) is 0.385. The number of amides is 1. The van der Waals surface area contributed by atoms with E-state index in [1.54, 1.807) is 0 Å². The van der Waals surface area contributed by atoms with Crippen LogP contribution in [0.15, 0.2) is 30.3 Å². The Morgan fingerprint density at radius 2 is 2.05 bits per heavy atom. The maximum Gasteiger partial charge on any atom is 0.410 e. The van der Waals surface area contributed by atoms with Gasteiger partial charge in [-0.05, 0) is 12.0 Å². The van der Waals surface area contributed by atoms with Crippen LogP contribution in [0.5, 0.6) is 0 Å². The molecular weight excluding hydrogens is 270 g/mol. The van der Waals surface area contributed by atoms with E-state index in [2.05, 4.69) is 0 Å². The maximum atomic E-state index is 11.9. The molecule has 1 aromatic rings. The molecule has 1 aliphatic rings. The van der Waals surface area contributed by atoms with Crippen molar-refractivity contribution in [1.29, 1.82) is 0 Å². The van der Waals surface area contributed by atoms with E-state index < -0.39 is 18.1 Å². The van der Waals surface area contributed by atoms with E-state index in [0.717, 1.165) is 5.56 Å². The number of alkyl halides is 1. The number of carboxylic acid groups (broad SMARTS) is 1. The number of ether oxygens (including phenoxy) is 1. The van der Waals surface area contributed by atoms with E-state index in [4.69, 9.17) is 21.4 Å². The van der Waals surface area contributed by atoms with Crippen LogP contribution in [0.2, 0.25) is 0 Å². The molecule has 1 aromatic carbocycles. The molecule has 0 saturated carbocycles. The molecule has 6 heteroatoms. The molecule has 0 radical (unpaired) electrons. The van der Waals surface area contributed by atoms with E-state index in [1.807, 2.05) is 30.3 Å². The lowest BCUT2D eigenvalue weighted by Gasteiger charge is -2.20. The number of halogens is 1. The van der Waals surface area contributed by atoms with Crippen molar-refractivity contribution in [3.63, 3.8) is 0 Å². The average Bonchev–Trinajstić information content (AvgIpc) is 2.79. The number of likely N-dealkylation sites (tertiary alicyclic amines) is 1. The van der Waals surface area contributed by atoms with Crippen molar-refractivity contribution in [1.82, 2.24) is 4.90 Å². The fourth-order valence-electron chi connectivity index (χ4n) is 2.02. The van der Waals surface area contributed by atoms with Gasteiger partial charge in [-0.1, -0.05) is 30.3 Å². The van der Waals surface area contributed by atoms with Gasteiger partial charge in [0.1, 0.15) is 12.6 Å². The van der Waals surface area contributed by atoms with Crippen LogP contribution in [-0.2, 0) is 16.1 Å². The highest BCUT2D eigenvalue weighted by Crippen LogP contribution is 2.23. The highest BCUT2D eigenvalue weighted by Gasteiger charge is 2.39. The van der Waals surface area contributed by atoms with Crippen LogP contribution in [0, 0.1) is 0 Å². The Bertz CT molecular complexity index is 465. The molecular formula is C13H14ClNO4. The number of hydrogen-bond donors (Lipinski definition) is 1. The van der Waals surface area contributed by atoms with Crippen molar-refractivity contribution in [2.75, 3.05) is 6.54 Å². The zero-order valence-electron chi connectivity index (χ0n) is 10.2. The van der Waals surface area contributed by atoms with Gasteiger partial charge in [0.15, 0.2) is 0 Å². The molecule has 1 N–H and O–H groups in total. The SMILES string of the molecule is O=C(O)[C@@H]1CC(Cl)CN1C(=O)OCc1ccccc1. The van der Waals surface area contributed by atoms with Gasteiger partial charge in [-0.3, -0.25) is 4.90 Å². The number of carbonyl (C=O) groups is 2. The minimum Gasteiger partial charge on any atom is -0.480 e. The van der Waals surface area contributed by atoms with Gasteiger partial charge >= 0.3 is 12.1 Å². The molecule has 0 spiro atoms. The Morgan fingerprint density at radius 3 is 2.68 bits per heavy atom. The smallest absolute Gasteiger partial charge is 0.410 e. The first kappa shape index (κ1) is 13.7. The molecule has 1 aliphatic heterocycles. The summed E-state index contributed by atoms with van der Waals surface area (Å²) in [4.78, 5) is 24.1. The van der Waals surface area contributed by atoms with Gasteiger partial charge in [0.2, 0.25) is 0 Å². The van der Waals surface area contributed by atoms with Crippen LogP contribution in [0.3, 0.4) is 0 Å². The normalized spacial score (nSPS) is 22.3. The van der Waals surface area contributed by atoms with Crippen LogP contribution in [-0.4, -0.2) is 40.0 Å². The molecule has 19 heavy (non-hydrogen) atoms. The van der Waals surface area contributed by atoms with Crippen LogP contribution < -0.4 is 0 Å². The van der Waals surface area contributed by atoms with Crippen molar-refractivity contribution >= 4 is 23.7 Å². The molecule has 0 aliphatic carbocycles. The summed E-state index contributed by atoms with van der Waals surface area (Å²) in [6.07, 6.45) is -0.392. The monoisotopic (exact) mass is 283 g/mol. The second-order valence-electron chi connectivity index (χ2n) is 4.38. The molecule has 102 valence electrons. The van der Waals surface area contributed by atoms with Gasteiger partial charge in [0.05, 0.1) is 5.38 Å². The Morgan fingerprint density at radius 1 is 1.37 bits per heavy atom. The van der Waals surface area contributed by atoms with E-state index in [9.17, 15) is 9.59 Å². The Balaban J connectivity index is 1.94. The number of benzene rings is 1. The van der Waals surface area contributed by atoms with Crippen LogP contribution in [0.1, 0.15) is 12.0 Å².